The quantitative estimate of drug-likeness (QED) is 0.169. The van der Waals surface area contributed by atoms with Gasteiger partial charge in [-0.3, -0.25) is 9.55 Å². The van der Waals surface area contributed by atoms with E-state index in [2.05, 4.69) is 116 Å². The zero-order valence-electron chi connectivity index (χ0n) is 34.7. The van der Waals surface area contributed by atoms with Crippen molar-refractivity contribution in [1.82, 2.24) is 14.5 Å². The van der Waals surface area contributed by atoms with Crippen molar-refractivity contribution in [3.05, 3.63) is 168 Å². The van der Waals surface area contributed by atoms with Gasteiger partial charge in [0, 0.05) is 42.6 Å². The molecule has 56 heavy (non-hydrogen) atoms. The molecule has 0 saturated carbocycles. The second-order valence-corrected chi connectivity index (χ2v) is 15.6. The number of phenols is 1. The van der Waals surface area contributed by atoms with E-state index in [1.54, 1.807) is 18.3 Å². The number of benzene rings is 6. The van der Waals surface area contributed by atoms with Crippen LogP contribution in [0.25, 0.3) is 72.7 Å². The topological polar surface area (TPSA) is 50.9 Å². The molecule has 0 saturated heterocycles. The molecule has 8 aromatic rings. The smallest absolute Gasteiger partial charge is 0.148 e. The molecule has 0 radical (unpaired) electrons. The standard InChI is InChI=1S/C51H44N3O.Pt/c1-33-21-23-34(24-22-33)37-27-28-52-45(32-37)39-29-38(30-40(31-39)51(2,3)4)42-18-12-20-47-48(42)53-50(44-26-25-36-15-8-9-17-43(36)49(44)55)54(47)46-19-11-10-16-41(46)35-13-6-5-7-14-35;/h5-7,10-14,16,18-28,30-32,55H,8-9,15,17H2,1-4H3;/q-1;/i1D3;. The molecule has 2 heterocycles. The third-order valence-electron chi connectivity index (χ3n) is 10.9. The normalized spacial score (nSPS) is 13.7. The molecule has 0 bridgehead atoms. The molecule has 1 aliphatic carbocycles. The molecular formula is C51H44N3OPt-. The Labute approximate surface area is 348 Å². The number of rotatable bonds is 6. The van der Waals surface area contributed by atoms with Crippen LogP contribution in [0.5, 0.6) is 5.75 Å². The summed E-state index contributed by atoms with van der Waals surface area (Å²) in [4.78, 5) is 10.3. The third kappa shape index (κ3) is 6.92. The van der Waals surface area contributed by atoms with Crippen LogP contribution in [0.3, 0.4) is 0 Å². The monoisotopic (exact) mass is 912 g/mol. The van der Waals surface area contributed by atoms with Gasteiger partial charge in [0.15, 0.2) is 0 Å². The van der Waals surface area contributed by atoms with Crippen molar-refractivity contribution in [1.29, 1.82) is 0 Å². The van der Waals surface area contributed by atoms with E-state index in [1.807, 2.05) is 36.4 Å². The van der Waals surface area contributed by atoms with Crippen molar-refractivity contribution >= 4 is 11.0 Å². The van der Waals surface area contributed by atoms with E-state index in [0.29, 0.717) is 22.7 Å². The number of aryl methyl sites for hydroxylation is 2. The zero-order chi connectivity index (χ0) is 40.2. The molecule has 2 aromatic heterocycles. The predicted molar refractivity (Wildman–Crippen MR) is 227 cm³/mol. The Hall–Kier alpha value is -5.57. The van der Waals surface area contributed by atoms with Gasteiger partial charge in [0.2, 0.25) is 0 Å². The number of aromatic hydroxyl groups is 1. The minimum absolute atomic E-state index is 0. The summed E-state index contributed by atoms with van der Waals surface area (Å²) in [5.41, 5.74) is 14.3. The summed E-state index contributed by atoms with van der Waals surface area (Å²) >= 11 is 0. The van der Waals surface area contributed by atoms with Crippen LogP contribution in [0.4, 0.5) is 0 Å². The number of pyridine rings is 1. The SMILES string of the molecule is [2H]C([2H])([2H])c1ccc(-c2ccnc(-c3[c-]c(-c4cccc5c4nc(-c4ccc6c(c4O)CCCC6)n5-c4ccccc4-c4ccccc4)cc(C(C)(C)C)c3)c2)cc1.[Pt]. The fraction of sp³-hybridized carbons (Fsp3) is 0.176. The first-order valence-electron chi connectivity index (χ1n) is 20.6. The first-order chi connectivity index (χ1) is 27.9. The molecule has 6 aromatic carbocycles. The summed E-state index contributed by atoms with van der Waals surface area (Å²) in [6.07, 6.45) is 5.80. The molecule has 0 amide bonds. The second-order valence-electron chi connectivity index (χ2n) is 15.6. The summed E-state index contributed by atoms with van der Waals surface area (Å²) in [5.74, 6) is 0.998. The predicted octanol–water partition coefficient (Wildman–Crippen LogP) is 12.7. The van der Waals surface area contributed by atoms with Crippen molar-refractivity contribution in [3.8, 4) is 67.5 Å². The van der Waals surface area contributed by atoms with Crippen LogP contribution in [0.1, 0.15) is 60.0 Å². The van der Waals surface area contributed by atoms with Crippen LogP contribution in [0.2, 0.25) is 0 Å². The molecule has 1 N–H and O–H groups in total. The Kier molecular flexibility index (Phi) is 9.14. The van der Waals surface area contributed by atoms with Crippen LogP contribution >= 0.6 is 0 Å². The Morgan fingerprint density at radius 1 is 0.696 bits per heavy atom. The van der Waals surface area contributed by atoms with Crippen LogP contribution in [0, 0.1) is 12.9 Å². The largest absolute Gasteiger partial charge is 0.507 e. The molecule has 280 valence electrons. The van der Waals surface area contributed by atoms with E-state index in [9.17, 15) is 5.11 Å². The number of para-hydroxylation sites is 2. The molecule has 0 aliphatic heterocycles. The molecule has 0 atom stereocenters. The van der Waals surface area contributed by atoms with Crippen LogP contribution < -0.4 is 0 Å². The minimum Gasteiger partial charge on any atom is -0.507 e. The van der Waals surface area contributed by atoms with Gasteiger partial charge in [-0.05, 0) is 90.0 Å². The summed E-state index contributed by atoms with van der Waals surface area (Å²) in [6.45, 7) is 4.46. The van der Waals surface area contributed by atoms with E-state index in [1.165, 1.54) is 5.56 Å². The van der Waals surface area contributed by atoms with Gasteiger partial charge in [0.25, 0.3) is 0 Å². The molecule has 0 unspecified atom stereocenters. The summed E-state index contributed by atoms with van der Waals surface area (Å²) < 4.78 is 25.6. The Balaban J connectivity index is 0.00000484. The third-order valence-corrected chi connectivity index (χ3v) is 10.9. The minimum atomic E-state index is -2.16. The first kappa shape index (κ1) is 33.7. The van der Waals surface area contributed by atoms with Crippen molar-refractivity contribution in [3.63, 3.8) is 0 Å². The van der Waals surface area contributed by atoms with E-state index in [-0.39, 0.29) is 26.5 Å². The van der Waals surface area contributed by atoms with E-state index >= 15 is 0 Å². The Morgan fingerprint density at radius 2 is 1.45 bits per heavy atom. The number of phenolic OH excluding ortho intramolecular Hbond substituents is 1. The van der Waals surface area contributed by atoms with Crippen LogP contribution in [0.15, 0.2) is 140 Å². The first-order valence-corrected chi connectivity index (χ1v) is 19.1. The number of imidazole rings is 1. The Morgan fingerprint density at radius 3 is 2.25 bits per heavy atom. The van der Waals surface area contributed by atoms with Gasteiger partial charge in [0.05, 0.1) is 22.3 Å². The number of nitrogens with zero attached hydrogens (tertiary/aromatic N) is 3. The van der Waals surface area contributed by atoms with Gasteiger partial charge < -0.3 is 5.11 Å². The number of hydrogen-bond acceptors (Lipinski definition) is 3. The molecule has 9 rings (SSSR count). The molecular weight excluding hydrogens is 866 g/mol. The molecule has 5 heteroatoms. The van der Waals surface area contributed by atoms with Gasteiger partial charge in [-0.25, -0.2) is 4.98 Å². The van der Waals surface area contributed by atoms with Gasteiger partial charge in [-0.15, -0.1) is 29.3 Å². The number of fused-ring (bicyclic) bond motifs is 2. The van der Waals surface area contributed by atoms with E-state index in [4.69, 9.17) is 14.1 Å². The Bertz CT molecular complexity index is 2820. The maximum Gasteiger partial charge on any atom is 0.148 e. The van der Waals surface area contributed by atoms with Gasteiger partial charge in [-0.2, -0.15) is 0 Å². The summed E-state index contributed by atoms with van der Waals surface area (Å²) in [7, 11) is 0. The van der Waals surface area contributed by atoms with Crippen molar-refractivity contribution < 1.29 is 30.3 Å². The van der Waals surface area contributed by atoms with Crippen molar-refractivity contribution in [2.45, 2.75) is 58.7 Å². The van der Waals surface area contributed by atoms with Crippen molar-refractivity contribution in [2.24, 2.45) is 0 Å². The number of hydrogen-bond donors (Lipinski definition) is 1. The average molecular weight is 913 g/mol. The van der Waals surface area contributed by atoms with Gasteiger partial charge in [-0.1, -0.05) is 135 Å². The van der Waals surface area contributed by atoms with Crippen LogP contribution in [-0.2, 0) is 39.3 Å². The fourth-order valence-corrected chi connectivity index (χ4v) is 7.97. The van der Waals surface area contributed by atoms with E-state index in [0.717, 1.165) is 98.2 Å². The maximum absolute atomic E-state index is 12.0. The van der Waals surface area contributed by atoms with Crippen LogP contribution in [-0.4, -0.2) is 19.6 Å². The zero-order valence-corrected chi connectivity index (χ0v) is 34.0. The van der Waals surface area contributed by atoms with E-state index < -0.39 is 6.85 Å². The number of aromatic nitrogens is 3. The average Bonchev–Trinajstić information content (AvgIpc) is 3.63. The summed E-state index contributed by atoms with van der Waals surface area (Å²) in [5, 5.41) is 12.0. The molecule has 0 fully saturated rings. The van der Waals surface area contributed by atoms with Gasteiger partial charge in [0.1, 0.15) is 11.6 Å². The second kappa shape index (κ2) is 15.2. The molecule has 1 aliphatic rings. The molecule has 4 nitrogen and oxygen atoms in total. The fourth-order valence-electron chi connectivity index (χ4n) is 7.97. The molecule has 0 spiro atoms. The maximum atomic E-state index is 12.0. The summed E-state index contributed by atoms with van der Waals surface area (Å²) in [6, 6.07) is 48.5. The van der Waals surface area contributed by atoms with Gasteiger partial charge >= 0.3 is 0 Å². The van der Waals surface area contributed by atoms with Crippen molar-refractivity contribution in [2.75, 3.05) is 0 Å².